The van der Waals surface area contributed by atoms with Crippen molar-refractivity contribution in [3.05, 3.63) is 78.9 Å². The van der Waals surface area contributed by atoms with Crippen molar-refractivity contribution in [1.82, 2.24) is 0 Å². The van der Waals surface area contributed by atoms with Crippen molar-refractivity contribution in [2.45, 2.75) is 54.5 Å². The van der Waals surface area contributed by atoms with Crippen LogP contribution in [0.25, 0.3) is 0 Å². The van der Waals surface area contributed by atoms with Gasteiger partial charge in [0.25, 0.3) is 0 Å². The SMILES string of the molecule is C=CCO[C@@H]1[C@@H](OC(=O)CCC(C)=O)[C@@H](OC(=O)c2ccccc2)[C@@H](CO)O[C@H]1Sc1ccccc1. The molecule has 1 aliphatic heterocycles. The Kier molecular flexibility index (Phi) is 10.7. The van der Waals surface area contributed by atoms with Crippen molar-refractivity contribution in [1.29, 1.82) is 0 Å². The molecule has 8 nitrogen and oxygen atoms in total. The zero-order valence-electron chi connectivity index (χ0n) is 20.0. The summed E-state index contributed by atoms with van der Waals surface area (Å²) < 4.78 is 23.6. The zero-order valence-corrected chi connectivity index (χ0v) is 20.8. The van der Waals surface area contributed by atoms with E-state index < -0.39 is 48.4 Å². The van der Waals surface area contributed by atoms with Gasteiger partial charge in [-0.2, -0.15) is 0 Å². The van der Waals surface area contributed by atoms with E-state index in [0.717, 1.165) is 4.90 Å². The van der Waals surface area contributed by atoms with Crippen LogP contribution in [-0.2, 0) is 28.5 Å². The van der Waals surface area contributed by atoms with E-state index in [4.69, 9.17) is 18.9 Å². The van der Waals surface area contributed by atoms with Crippen LogP contribution in [0.2, 0.25) is 0 Å². The molecule has 5 atom stereocenters. The average Bonchev–Trinajstić information content (AvgIpc) is 2.89. The van der Waals surface area contributed by atoms with E-state index in [9.17, 15) is 19.5 Å². The van der Waals surface area contributed by atoms with Gasteiger partial charge in [0.05, 0.1) is 25.2 Å². The van der Waals surface area contributed by atoms with Crippen LogP contribution < -0.4 is 0 Å². The van der Waals surface area contributed by atoms with Crippen LogP contribution in [0.4, 0.5) is 0 Å². The highest BCUT2D eigenvalue weighted by molar-refractivity contribution is 7.99. The number of esters is 2. The minimum Gasteiger partial charge on any atom is -0.455 e. The second-order valence-electron chi connectivity index (χ2n) is 8.14. The van der Waals surface area contributed by atoms with Crippen LogP contribution in [0, 0.1) is 0 Å². The number of rotatable bonds is 12. The van der Waals surface area contributed by atoms with Crippen LogP contribution in [-0.4, -0.2) is 65.9 Å². The highest BCUT2D eigenvalue weighted by Crippen LogP contribution is 2.37. The molecular formula is C27H30O8S. The molecule has 192 valence electrons. The summed E-state index contributed by atoms with van der Waals surface area (Å²) in [6, 6.07) is 17.7. The molecule has 0 radical (unpaired) electrons. The Balaban J connectivity index is 1.93. The normalized spacial score (nSPS) is 23.4. The number of aliphatic hydroxyl groups excluding tert-OH is 1. The second-order valence-corrected chi connectivity index (χ2v) is 9.31. The van der Waals surface area contributed by atoms with Gasteiger partial charge in [0, 0.05) is 11.3 Å². The van der Waals surface area contributed by atoms with Crippen molar-refractivity contribution < 1.29 is 38.4 Å². The zero-order chi connectivity index (χ0) is 25.9. The van der Waals surface area contributed by atoms with Gasteiger partial charge in [0.2, 0.25) is 0 Å². The number of ether oxygens (including phenoxy) is 4. The fourth-order valence-electron chi connectivity index (χ4n) is 3.64. The fourth-order valence-corrected chi connectivity index (χ4v) is 4.79. The van der Waals surface area contributed by atoms with E-state index in [1.165, 1.54) is 18.7 Å². The van der Waals surface area contributed by atoms with Gasteiger partial charge in [0.1, 0.15) is 23.4 Å². The molecule has 0 saturated carbocycles. The molecule has 0 bridgehead atoms. The monoisotopic (exact) mass is 514 g/mol. The highest BCUT2D eigenvalue weighted by Gasteiger charge is 2.51. The lowest BCUT2D eigenvalue weighted by Crippen LogP contribution is -2.61. The first kappa shape index (κ1) is 27.6. The molecule has 0 aromatic heterocycles. The summed E-state index contributed by atoms with van der Waals surface area (Å²) in [5.74, 6) is -1.47. The maximum absolute atomic E-state index is 12.9. The Labute approximate surface area is 214 Å². The highest BCUT2D eigenvalue weighted by atomic mass is 32.2. The van der Waals surface area contributed by atoms with Gasteiger partial charge in [-0.15, -0.1) is 6.58 Å². The van der Waals surface area contributed by atoms with E-state index in [-0.39, 0.29) is 25.2 Å². The minimum absolute atomic E-state index is 0.0142. The Morgan fingerprint density at radius 2 is 1.64 bits per heavy atom. The fraction of sp³-hybridized carbons (Fsp3) is 0.370. The number of carbonyl (C=O) groups excluding carboxylic acids is 3. The summed E-state index contributed by atoms with van der Waals surface area (Å²) in [4.78, 5) is 37.9. The summed E-state index contributed by atoms with van der Waals surface area (Å²) >= 11 is 1.33. The summed E-state index contributed by atoms with van der Waals surface area (Å²) in [5, 5.41) is 10.2. The van der Waals surface area contributed by atoms with E-state index in [1.807, 2.05) is 30.3 Å². The maximum atomic E-state index is 12.9. The first-order chi connectivity index (χ1) is 17.4. The molecule has 2 aromatic rings. The molecule has 0 unspecified atom stereocenters. The van der Waals surface area contributed by atoms with Crippen LogP contribution in [0.15, 0.2) is 78.2 Å². The third-order valence-corrected chi connectivity index (χ3v) is 6.53. The summed E-state index contributed by atoms with van der Waals surface area (Å²) in [7, 11) is 0. The Morgan fingerprint density at radius 3 is 2.25 bits per heavy atom. The smallest absolute Gasteiger partial charge is 0.338 e. The maximum Gasteiger partial charge on any atom is 0.338 e. The van der Waals surface area contributed by atoms with E-state index >= 15 is 0 Å². The number of ketones is 1. The minimum atomic E-state index is -1.16. The van der Waals surface area contributed by atoms with Gasteiger partial charge in [-0.25, -0.2) is 4.79 Å². The number of thioether (sulfide) groups is 1. The lowest BCUT2D eigenvalue weighted by Gasteiger charge is -2.44. The van der Waals surface area contributed by atoms with Gasteiger partial charge >= 0.3 is 11.9 Å². The Morgan fingerprint density at radius 1 is 0.972 bits per heavy atom. The number of benzene rings is 2. The molecule has 0 spiro atoms. The molecule has 36 heavy (non-hydrogen) atoms. The van der Waals surface area contributed by atoms with Gasteiger partial charge in [-0.1, -0.05) is 54.2 Å². The third-order valence-electron chi connectivity index (χ3n) is 5.37. The van der Waals surface area contributed by atoms with Crippen molar-refractivity contribution in [3.8, 4) is 0 Å². The topological polar surface area (TPSA) is 108 Å². The van der Waals surface area contributed by atoms with Gasteiger partial charge < -0.3 is 28.8 Å². The Hall–Kier alpha value is -2.98. The lowest BCUT2D eigenvalue weighted by molar-refractivity contribution is -0.229. The van der Waals surface area contributed by atoms with Gasteiger partial charge in [0.15, 0.2) is 12.2 Å². The quantitative estimate of drug-likeness (QED) is 0.336. The molecule has 3 rings (SSSR count). The van der Waals surface area contributed by atoms with Crippen LogP contribution >= 0.6 is 11.8 Å². The Bertz CT molecular complexity index is 1010. The summed E-state index contributed by atoms with van der Waals surface area (Å²) in [6.07, 6.45) is -2.71. The molecule has 0 aliphatic carbocycles. The molecule has 1 aliphatic rings. The van der Waals surface area contributed by atoms with E-state index in [0.29, 0.717) is 5.56 Å². The first-order valence-electron chi connectivity index (χ1n) is 11.6. The molecule has 1 N–H and O–H groups in total. The number of carbonyl (C=O) groups is 3. The van der Waals surface area contributed by atoms with Crippen LogP contribution in [0.5, 0.6) is 0 Å². The molecule has 2 aromatic carbocycles. The molecule has 0 amide bonds. The van der Waals surface area contributed by atoms with Crippen LogP contribution in [0.1, 0.15) is 30.1 Å². The average molecular weight is 515 g/mol. The van der Waals surface area contributed by atoms with E-state index in [1.54, 1.807) is 36.4 Å². The molecule has 9 heteroatoms. The predicted octanol–water partition coefficient (Wildman–Crippen LogP) is 3.57. The van der Waals surface area contributed by atoms with E-state index in [2.05, 4.69) is 6.58 Å². The van der Waals surface area contributed by atoms with Crippen molar-refractivity contribution in [3.63, 3.8) is 0 Å². The van der Waals surface area contributed by atoms with Crippen molar-refractivity contribution in [2.75, 3.05) is 13.2 Å². The number of Topliss-reactive ketones (excluding diaryl/α,β-unsaturated/α-hetero) is 1. The summed E-state index contributed by atoms with van der Waals surface area (Å²) in [5.41, 5.74) is -0.415. The van der Waals surface area contributed by atoms with Crippen LogP contribution in [0.3, 0.4) is 0 Å². The molecule has 1 fully saturated rings. The predicted molar refractivity (Wildman–Crippen MR) is 133 cm³/mol. The first-order valence-corrected chi connectivity index (χ1v) is 12.5. The largest absolute Gasteiger partial charge is 0.455 e. The second kappa shape index (κ2) is 13.9. The lowest BCUT2D eigenvalue weighted by atomic mass is 9.99. The number of hydrogen-bond acceptors (Lipinski definition) is 9. The molecule has 1 saturated heterocycles. The van der Waals surface area contributed by atoms with Gasteiger partial charge in [-0.3, -0.25) is 4.79 Å². The third kappa shape index (κ3) is 7.76. The van der Waals surface area contributed by atoms with Crippen molar-refractivity contribution in [2.24, 2.45) is 0 Å². The molecular weight excluding hydrogens is 484 g/mol. The summed E-state index contributed by atoms with van der Waals surface area (Å²) in [6.45, 7) is 4.69. The number of aliphatic hydroxyl groups is 1. The van der Waals surface area contributed by atoms with Crippen molar-refractivity contribution >= 4 is 29.5 Å². The standard InChI is InChI=1S/C27H30O8S/c1-3-16-32-25-24(34-22(30)15-14-18(2)29)23(35-26(31)19-10-6-4-7-11-19)21(17-28)33-27(25)36-20-12-8-5-9-13-20/h3-13,21,23-25,27-28H,1,14-17H2,2H3/t21-,23+,24+,25-,27+/m1/s1. The number of hydrogen-bond donors (Lipinski definition) is 1. The van der Waals surface area contributed by atoms with Gasteiger partial charge in [-0.05, 0) is 31.2 Å². The molecule has 1 heterocycles.